The number of nitrogens with zero attached hydrogens (tertiary/aromatic N) is 1. The molecule has 0 unspecified atom stereocenters. The minimum absolute atomic E-state index is 0. The predicted molar refractivity (Wildman–Crippen MR) is 89.9 cm³/mol. The molecule has 1 amide bonds. The van der Waals surface area contributed by atoms with E-state index in [0.717, 1.165) is 37.9 Å². The summed E-state index contributed by atoms with van der Waals surface area (Å²) >= 11 is 0. The van der Waals surface area contributed by atoms with Crippen molar-refractivity contribution in [2.24, 2.45) is 5.73 Å². The summed E-state index contributed by atoms with van der Waals surface area (Å²) in [5.74, 6) is 0.216. The lowest BCUT2D eigenvalue weighted by molar-refractivity contribution is -0.137. The smallest absolute Gasteiger partial charge is 0.232 e. The summed E-state index contributed by atoms with van der Waals surface area (Å²) in [7, 11) is 0. The van der Waals surface area contributed by atoms with Crippen molar-refractivity contribution in [1.29, 1.82) is 0 Å². The van der Waals surface area contributed by atoms with E-state index in [1.165, 1.54) is 5.56 Å². The van der Waals surface area contributed by atoms with Gasteiger partial charge in [0.2, 0.25) is 5.91 Å². The largest absolute Gasteiger partial charge is 0.342 e. The van der Waals surface area contributed by atoms with Gasteiger partial charge in [-0.25, -0.2) is 0 Å². The van der Waals surface area contributed by atoms with Crippen molar-refractivity contribution in [2.45, 2.75) is 51.5 Å². The molecule has 4 heteroatoms. The molecule has 1 heterocycles. The third-order valence-electron chi connectivity index (χ3n) is 4.45. The fraction of sp³-hybridized carbons (Fsp3) is 0.588. The topological polar surface area (TPSA) is 46.3 Å². The predicted octanol–water partition coefficient (Wildman–Crippen LogP) is 2.90. The van der Waals surface area contributed by atoms with Crippen molar-refractivity contribution >= 4 is 18.3 Å². The van der Waals surface area contributed by atoms with Gasteiger partial charge in [0.25, 0.3) is 0 Å². The first kappa shape index (κ1) is 18.0. The summed E-state index contributed by atoms with van der Waals surface area (Å²) in [4.78, 5) is 14.7. The maximum Gasteiger partial charge on any atom is 0.232 e. The van der Waals surface area contributed by atoms with Gasteiger partial charge in [-0.05, 0) is 44.2 Å². The van der Waals surface area contributed by atoms with Crippen LogP contribution < -0.4 is 5.73 Å². The second kappa shape index (κ2) is 7.28. The maximum atomic E-state index is 12.8. The van der Waals surface area contributed by atoms with Crippen LogP contribution in [0.25, 0.3) is 0 Å². The van der Waals surface area contributed by atoms with Gasteiger partial charge >= 0.3 is 0 Å². The lowest BCUT2D eigenvalue weighted by Gasteiger charge is -2.36. The molecule has 21 heavy (non-hydrogen) atoms. The van der Waals surface area contributed by atoms with Crippen LogP contribution in [-0.4, -0.2) is 29.9 Å². The summed E-state index contributed by atoms with van der Waals surface area (Å²) in [5, 5.41) is 0. The minimum Gasteiger partial charge on any atom is -0.342 e. The third kappa shape index (κ3) is 3.98. The number of hydrogen-bond donors (Lipinski definition) is 1. The number of rotatable bonds is 3. The number of nitrogens with two attached hydrogens (primary N) is 1. The van der Waals surface area contributed by atoms with Crippen LogP contribution in [0, 0.1) is 0 Å². The monoisotopic (exact) mass is 310 g/mol. The third-order valence-corrected chi connectivity index (χ3v) is 4.45. The summed E-state index contributed by atoms with van der Waals surface area (Å²) in [5.41, 5.74) is 7.85. The zero-order chi connectivity index (χ0) is 14.8. The molecule has 3 nitrogen and oxygen atoms in total. The lowest BCUT2D eigenvalue weighted by atomic mass is 9.82. The first-order valence-electron chi connectivity index (χ1n) is 7.59. The Morgan fingerprint density at radius 3 is 2.24 bits per heavy atom. The Labute approximate surface area is 134 Å². The Hall–Kier alpha value is -1.06. The van der Waals surface area contributed by atoms with Crippen LogP contribution >= 0.6 is 12.4 Å². The molecule has 2 N–H and O–H groups in total. The van der Waals surface area contributed by atoms with Crippen molar-refractivity contribution in [3.8, 4) is 0 Å². The number of hydrogen-bond acceptors (Lipinski definition) is 2. The van der Waals surface area contributed by atoms with Crippen molar-refractivity contribution in [2.75, 3.05) is 13.1 Å². The molecule has 118 valence electrons. The Kier molecular flexibility index (Phi) is 6.24. The average Bonchev–Trinajstić information content (AvgIpc) is 2.47. The van der Waals surface area contributed by atoms with Crippen LogP contribution in [0.1, 0.15) is 44.7 Å². The normalized spacial score (nSPS) is 16.5. The van der Waals surface area contributed by atoms with Crippen LogP contribution in [0.5, 0.6) is 0 Å². The minimum atomic E-state index is -0.465. The van der Waals surface area contributed by atoms with Crippen molar-refractivity contribution in [3.63, 3.8) is 0 Å². The molecule has 2 rings (SSSR count). The highest BCUT2D eigenvalue weighted by Crippen LogP contribution is 2.27. The molecule has 0 atom stereocenters. The second-order valence-electron chi connectivity index (χ2n) is 6.31. The van der Waals surface area contributed by atoms with Gasteiger partial charge in [-0.3, -0.25) is 4.79 Å². The molecular weight excluding hydrogens is 284 g/mol. The average molecular weight is 311 g/mol. The summed E-state index contributed by atoms with van der Waals surface area (Å²) in [6, 6.07) is 8.68. The van der Waals surface area contributed by atoms with E-state index in [1.807, 2.05) is 18.7 Å². The van der Waals surface area contributed by atoms with Crippen LogP contribution in [-0.2, 0) is 16.6 Å². The highest BCUT2D eigenvalue weighted by atomic mass is 35.5. The zero-order valence-corrected chi connectivity index (χ0v) is 14.1. The molecule has 1 aromatic carbocycles. The van der Waals surface area contributed by atoms with E-state index in [0.29, 0.717) is 0 Å². The Morgan fingerprint density at radius 2 is 1.76 bits per heavy atom. The summed E-state index contributed by atoms with van der Waals surface area (Å²) < 4.78 is 0. The zero-order valence-electron chi connectivity index (χ0n) is 13.3. The molecule has 1 aromatic rings. The SMILES string of the molecule is CCc1ccc(C(C)(C)C(=O)N2CCC(N)CC2)cc1.Cl. The Morgan fingerprint density at radius 1 is 1.24 bits per heavy atom. The van der Waals surface area contributed by atoms with Gasteiger partial charge in [0, 0.05) is 19.1 Å². The highest BCUT2D eigenvalue weighted by Gasteiger charge is 2.34. The number of piperidine rings is 1. The fourth-order valence-electron chi connectivity index (χ4n) is 2.78. The number of carbonyl (C=O) groups excluding carboxylic acids is 1. The van der Waals surface area contributed by atoms with E-state index < -0.39 is 5.41 Å². The van der Waals surface area contributed by atoms with E-state index >= 15 is 0 Å². The molecule has 1 saturated heterocycles. The molecule has 0 bridgehead atoms. The molecule has 0 spiro atoms. The first-order valence-corrected chi connectivity index (χ1v) is 7.59. The van der Waals surface area contributed by atoms with Gasteiger partial charge in [-0.15, -0.1) is 12.4 Å². The molecule has 0 radical (unpaired) electrons. The number of likely N-dealkylation sites (tertiary alicyclic amines) is 1. The van der Waals surface area contributed by atoms with E-state index in [9.17, 15) is 4.79 Å². The molecule has 0 aliphatic carbocycles. The quantitative estimate of drug-likeness (QED) is 0.933. The van der Waals surface area contributed by atoms with E-state index in [4.69, 9.17) is 5.73 Å². The maximum absolute atomic E-state index is 12.8. The molecule has 1 fully saturated rings. The van der Waals surface area contributed by atoms with Gasteiger partial charge in [0.05, 0.1) is 5.41 Å². The lowest BCUT2D eigenvalue weighted by Crippen LogP contribution is -2.49. The van der Waals surface area contributed by atoms with Gasteiger partial charge in [-0.2, -0.15) is 0 Å². The van der Waals surface area contributed by atoms with E-state index in [1.54, 1.807) is 0 Å². The van der Waals surface area contributed by atoms with Gasteiger partial charge in [0.15, 0.2) is 0 Å². The summed E-state index contributed by atoms with van der Waals surface area (Å²) in [6.07, 6.45) is 2.85. The highest BCUT2D eigenvalue weighted by molar-refractivity contribution is 5.87. The molecule has 1 aliphatic heterocycles. The first-order chi connectivity index (χ1) is 9.45. The molecule has 1 aliphatic rings. The van der Waals surface area contributed by atoms with Crippen LogP contribution in [0.4, 0.5) is 0 Å². The van der Waals surface area contributed by atoms with Gasteiger partial charge in [-0.1, -0.05) is 31.2 Å². The number of aryl methyl sites for hydroxylation is 1. The summed E-state index contributed by atoms with van der Waals surface area (Å²) in [6.45, 7) is 7.75. The number of carbonyl (C=O) groups is 1. The van der Waals surface area contributed by atoms with Gasteiger partial charge in [0.1, 0.15) is 0 Å². The molecule has 0 aromatic heterocycles. The van der Waals surface area contributed by atoms with Gasteiger partial charge < -0.3 is 10.6 Å². The Bertz CT molecular complexity index is 462. The van der Waals surface area contributed by atoms with E-state index in [2.05, 4.69) is 31.2 Å². The number of benzene rings is 1. The van der Waals surface area contributed by atoms with Crippen LogP contribution in [0.3, 0.4) is 0 Å². The van der Waals surface area contributed by atoms with Crippen molar-refractivity contribution < 1.29 is 4.79 Å². The van der Waals surface area contributed by atoms with Crippen molar-refractivity contribution in [3.05, 3.63) is 35.4 Å². The van der Waals surface area contributed by atoms with Crippen molar-refractivity contribution in [1.82, 2.24) is 4.90 Å². The van der Waals surface area contributed by atoms with Crippen LogP contribution in [0.2, 0.25) is 0 Å². The standard InChI is InChI=1S/C17H26N2O.ClH/c1-4-13-5-7-14(8-6-13)17(2,3)16(20)19-11-9-15(18)10-12-19;/h5-8,15H,4,9-12,18H2,1-3H3;1H. The number of halogens is 1. The van der Waals surface area contributed by atoms with E-state index in [-0.39, 0.29) is 24.4 Å². The van der Waals surface area contributed by atoms with Crippen LogP contribution in [0.15, 0.2) is 24.3 Å². The molecule has 0 saturated carbocycles. The Balaban J connectivity index is 0.00000220. The second-order valence-corrected chi connectivity index (χ2v) is 6.31. The fourth-order valence-corrected chi connectivity index (χ4v) is 2.78. The molecular formula is C17H27ClN2O. The number of amides is 1.